The van der Waals surface area contributed by atoms with Crippen LogP contribution in [0.25, 0.3) is 0 Å². The highest BCUT2D eigenvalue weighted by molar-refractivity contribution is 4.96. The molecule has 2 aromatic heterocycles. The largest absolute Gasteiger partial charge is 0.390 e. The van der Waals surface area contributed by atoms with Crippen LogP contribution in [0.15, 0.2) is 23.0 Å². The number of piperazine rings is 1. The fraction of sp³-hybridized carbons (Fsp3) is 0.706. The minimum atomic E-state index is -0.409. The van der Waals surface area contributed by atoms with E-state index in [1.165, 1.54) is 0 Å². The van der Waals surface area contributed by atoms with Crippen molar-refractivity contribution in [3.63, 3.8) is 0 Å². The van der Waals surface area contributed by atoms with Gasteiger partial charge >= 0.3 is 0 Å². The minimum Gasteiger partial charge on any atom is -0.390 e. The Morgan fingerprint density at radius 3 is 2.52 bits per heavy atom. The number of aromatic nitrogens is 4. The van der Waals surface area contributed by atoms with Crippen LogP contribution in [0.5, 0.6) is 0 Å². The number of nitrogens with zero attached hydrogens (tertiary/aromatic N) is 6. The van der Waals surface area contributed by atoms with Crippen LogP contribution in [-0.2, 0) is 6.54 Å². The van der Waals surface area contributed by atoms with Crippen molar-refractivity contribution >= 4 is 0 Å². The molecule has 1 aliphatic heterocycles. The normalized spacial score (nSPS) is 19.4. The molecule has 25 heavy (non-hydrogen) atoms. The Hall–Kier alpha value is -1.77. The molecule has 0 unspecified atom stereocenters. The summed E-state index contributed by atoms with van der Waals surface area (Å²) in [7, 11) is 0. The zero-order valence-corrected chi connectivity index (χ0v) is 15.2. The molecule has 0 aliphatic carbocycles. The molecule has 138 valence electrons. The Labute approximate surface area is 148 Å². The second kappa shape index (κ2) is 8.07. The van der Waals surface area contributed by atoms with Gasteiger partial charge in [0, 0.05) is 51.0 Å². The molecule has 0 amide bonds. The lowest BCUT2D eigenvalue weighted by Gasteiger charge is -2.37. The molecule has 3 rings (SSSR count). The van der Waals surface area contributed by atoms with Crippen LogP contribution in [0.1, 0.15) is 44.4 Å². The summed E-state index contributed by atoms with van der Waals surface area (Å²) >= 11 is 0. The van der Waals surface area contributed by atoms with Gasteiger partial charge in [0.15, 0.2) is 5.82 Å². The maximum atomic E-state index is 10.2. The fourth-order valence-electron chi connectivity index (χ4n) is 3.12. The highest BCUT2D eigenvalue weighted by atomic mass is 16.5. The zero-order valence-electron chi connectivity index (χ0n) is 15.2. The Bertz CT molecular complexity index is 633. The predicted octanol–water partition coefficient (Wildman–Crippen LogP) is 1.13. The third-order valence-corrected chi connectivity index (χ3v) is 4.71. The molecular formula is C17H28N6O2. The van der Waals surface area contributed by atoms with E-state index in [1.54, 1.807) is 10.9 Å². The fourth-order valence-corrected chi connectivity index (χ4v) is 3.12. The summed E-state index contributed by atoms with van der Waals surface area (Å²) in [5.74, 6) is 1.73. The monoisotopic (exact) mass is 348 g/mol. The first-order chi connectivity index (χ1) is 12.0. The van der Waals surface area contributed by atoms with Crippen LogP contribution >= 0.6 is 0 Å². The summed E-state index contributed by atoms with van der Waals surface area (Å²) in [6.45, 7) is 11.1. The van der Waals surface area contributed by atoms with Crippen LogP contribution in [0.4, 0.5) is 0 Å². The third kappa shape index (κ3) is 4.65. The standard InChI is InChI=1S/C17H28N6O2/c1-13(2)16-19-17(25-20-16)14(3)22-9-7-21(8-10-22)11-15(24)12-23-6-4-5-18-23/h4-6,13-15,24H,7-12H2,1-3H3/t14-,15-/m0/s1. The number of β-amino-alcohol motifs (C(OH)–C–C–N with tert-alkyl or cyclic N) is 1. The maximum Gasteiger partial charge on any atom is 0.243 e. The molecule has 1 fully saturated rings. The molecule has 8 nitrogen and oxygen atoms in total. The molecular weight excluding hydrogens is 320 g/mol. The van der Waals surface area contributed by atoms with Gasteiger partial charge in [-0.15, -0.1) is 0 Å². The van der Waals surface area contributed by atoms with Gasteiger partial charge in [0.2, 0.25) is 5.89 Å². The Morgan fingerprint density at radius 2 is 1.92 bits per heavy atom. The van der Waals surface area contributed by atoms with Crippen LogP contribution in [0.2, 0.25) is 0 Å². The SMILES string of the molecule is CC(C)c1noc([C@H](C)N2CCN(C[C@H](O)Cn3cccn3)CC2)n1. The Balaban J connectivity index is 1.46. The first-order valence-electron chi connectivity index (χ1n) is 8.98. The van der Waals surface area contributed by atoms with Gasteiger partial charge in [0.05, 0.1) is 18.7 Å². The van der Waals surface area contributed by atoms with Crippen LogP contribution < -0.4 is 0 Å². The van der Waals surface area contributed by atoms with Crippen molar-refractivity contribution in [2.45, 2.75) is 45.4 Å². The molecule has 3 heterocycles. The first-order valence-corrected chi connectivity index (χ1v) is 8.98. The van der Waals surface area contributed by atoms with Crippen molar-refractivity contribution < 1.29 is 9.63 Å². The van der Waals surface area contributed by atoms with Gasteiger partial charge < -0.3 is 9.63 Å². The molecule has 0 spiro atoms. The van der Waals surface area contributed by atoms with Gasteiger partial charge in [-0.1, -0.05) is 19.0 Å². The quantitative estimate of drug-likeness (QED) is 0.803. The van der Waals surface area contributed by atoms with E-state index >= 15 is 0 Å². The molecule has 2 aromatic rings. The molecule has 0 radical (unpaired) electrons. The van der Waals surface area contributed by atoms with Crippen molar-refractivity contribution in [2.24, 2.45) is 0 Å². The molecule has 1 saturated heterocycles. The van der Waals surface area contributed by atoms with Crippen molar-refractivity contribution in [3.05, 3.63) is 30.2 Å². The van der Waals surface area contributed by atoms with E-state index < -0.39 is 6.10 Å². The number of rotatable bonds is 7. The molecule has 2 atom stereocenters. The molecule has 0 saturated carbocycles. The minimum absolute atomic E-state index is 0.121. The lowest BCUT2D eigenvalue weighted by Crippen LogP contribution is -2.49. The zero-order chi connectivity index (χ0) is 17.8. The average Bonchev–Trinajstić information content (AvgIpc) is 3.26. The van der Waals surface area contributed by atoms with E-state index in [2.05, 4.69) is 45.8 Å². The van der Waals surface area contributed by atoms with E-state index in [1.807, 2.05) is 12.3 Å². The maximum absolute atomic E-state index is 10.2. The van der Waals surface area contributed by atoms with Gasteiger partial charge in [-0.05, 0) is 13.0 Å². The van der Waals surface area contributed by atoms with Crippen molar-refractivity contribution in [1.82, 2.24) is 29.7 Å². The van der Waals surface area contributed by atoms with E-state index in [9.17, 15) is 5.11 Å². The third-order valence-electron chi connectivity index (χ3n) is 4.71. The molecule has 0 aromatic carbocycles. The topological polar surface area (TPSA) is 83.5 Å². The van der Waals surface area contributed by atoms with E-state index in [0.29, 0.717) is 19.0 Å². The lowest BCUT2D eigenvalue weighted by molar-refractivity contribution is 0.0459. The summed E-state index contributed by atoms with van der Waals surface area (Å²) in [5.41, 5.74) is 0. The van der Waals surface area contributed by atoms with Gasteiger partial charge in [0.1, 0.15) is 0 Å². The van der Waals surface area contributed by atoms with Gasteiger partial charge in [-0.2, -0.15) is 10.1 Å². The number of aliphatic hydroxyl groups excluding tert-OH is 1. The van der Waals surface area contributed by atoms with E-state index in [-0.39, 0.29) is 12.0 Å². The van der Waals surface area contributed by atoms with Crippen molar-refractivity contribution in [3.8, 4) is 0 Å². The van der Waals surface area contributed by atoms with Crippen LogP contribution in [0.3, 0.4) is 0 Å². The number of aliphatic hydroxyl groups is 1. The molecule has 8 heteroatoms. The highest BCUT2D eigenvalue weighted by Crippen LogP contribution is 2.22. The Kier molecular flexibility index (Phi) is 5.82. The average molecular weight is 348 g/mol. The number of hydrogen-bond donors (Lipinski definition) is 1. The number of hydrogen-bond acceptors (Lipinski definition) is 7. The van der Waals surface area contributed by atoms with Crippen molar-refractivity contribution in [1.29, 1.82) is 0 Å². The summed E-state index contributed by atoms with van der Waals surface area (Å²) in [6.07, 6.45) is 3.20. The summed E-state index contributed by atoms with van der Waals surface area (Å²) in [4.78, 5) is 9.16. The summed E-state index contributed by atoms with van der Waals surface area (Å²) in [5, 5.41) is 18.4. The summed E-state index contributed by atoms with van der Waals surface area (Å²) in [6, 6.07) is 1.99. The van der Waals surface area contributed by atoms with Gasteiger partial charge in [0.25, 0.3) is 0 Å². The summed E-state index contributed by atoms with van der Waals surface area (Å²) < 4.78 is 7.19. The van der Waals surface area contributed by atoms with E-state index in [4.69, 9.17) is 4.52 Å². The molecule has 1 N–H and O–H groups in total. The van der Waals surface area contributed by atoms with Gasteiger partial charge in [-0.25, -0.2) is 0 Å². The highest BCUT2D eigenvalue weighted by Gasteiger charge is 2.26. The van der Waals surface area contributed by atoms with Crippen LogP contribution in [0, 0.1) is 0 Å². The molecule has 0 bridgehead atoms. The van der Waals surface area contributed by atoms with Gasteiger partial charge in [-0.3, -0.25) is 14.5 Å². The lowest BCUT2D eigenvalue weighted by atomic mass is 10.2. The van der Waals surface area contributed by atoms with Crippen molar-refractivity contribution in [2.75, 3.05) is 32.7 Å². The first kappa shape index (κ1) is 18.0. The van der Waals surface area contributed by atoms with Crippen LogP contribution in [-0.4, -0.2) is 73.7 Å². The smallest absolute Gasteiger partial charge is 0.243 e. The predicted molar refractivity (Wildman–Crippen MR) is 93.0 cm³/mol. The second-order valence-corrected chi connectivity index (χ2v) is 7.04. The molecule has 1 aliphatic rings. The second-order valence-electron chi connectivity index (χ2n) is 7.04. The Morgan fingerprint density at radius 1 is 1.16 bits per heavy atom. The van der Waals surface area contributed by atoms with E-state index in [0.717, 1.165) is 32.0 Å².